The van der Waals surface area contributed by atoms with Gasteiger partial charge in [0, 0.05) is 0 Å². The van der Waals surface area contributed by atoms with Crippen molar-refractivity contribution >= 4 is 22.9 Å². The molecule has 0 aliphatic carbocycles. The average Bonchev–Trinajstić information content (AvgIpc) is 2.92. The Balaban J connectivity index is 2.24. The summed E-state index contributed by atoms with van der Waals surface area (Å²) in [6.07, 6.45) is 1.49. The van der Waals surface area contributed by atoms with Crippen molar-refractivity contribution in [3.05, 3.63) is 24.0 Å². The number of rotatable bonds is 5. The smallest absolute Gasteiger partial charge is 0.325 e. The summed E-state index contributed by atoms with van der Waals surface area (Å²) >= 11 is 0. The maximum atomic E-state index is 12.2. The van der Waals surface area contributed by atoms with Crippen molar-refractivity contribution in [2.24, 2.45) is 0 Å². The van der Waals surface area contributed by atoms with Crippen LogP contribution in [0.25, 0.3) is 11.0 Å². The topological polar surface area (TPSA) is 93.3 Å². The molecule has 7 heteroatoms. The van der Waals surface area contributed by atoms with Crippen molar-refractivity contribution in [1.82, 2.24) is 15.3 Å². The molecule has 106 valence electrons. The fraction of sp³-hybridized carbons (Fsp3) is 0.308. The van der Waals surface area contributed by atoms with Crippen molar-refractivity contribution in [3.63, 3.8) is 0 Å². The standard InChI is InChI=1S/C13H15N3O4/c1-3-20-10(17)6-14-13(18)11-9(19-2)5-4-8-12(11)16-7-15-8/h4-5,7H,3,6H2,1-2H3,(H,14,18)(H,15,16). The number of esters is 1. The highest BCUT2D eigenvalue weighted by molar-refractivity contribution is 6.08. The van der Waals surface area contributed by atoms with Crippen LogP contribution in [-0.4, -0.2) is 42.1 Å². The number of fused-ring (bicyclic) bond motifs is 1. The Bertz CT molecular complexity index is 636. The molecule has 20 heavy (non-hydrogen) atoms. The second-order valence-electron chi connectivity index (χ2n) is 3.93. The van der Waals surface area contributed by atoms with Crippen LogP contribution >= 0.6 is 0 Å². The van der Waals surface area contributed by atoms with Gasteiger partial charge < -0.3 is 19.8 Å². The third-order valence-electron chi connectivity index (χ3n) is 2.70. The maximum absolute atomic E-state index is 12.2. The molecule has 0 radical (unpaired) electrons. The van der Waals surface area contributed by atoms with E-state index in [0.717, 1.165) is 0 Å². The van der Waals surface area contributed by atoms with Crippen molar-refractivity contribution < 1.29 is 19.1 Å². The number of benzene rings is 1. The van der Waals surface area contributed by atoms with E-state index in [0.29, 0.717) is 16.8 Å². The summed E-state index contributed by atoms with van der Waals surface area (Å²) in [6, 6.07) is 3.43. The number of aromatic amines is 1. The number of hydrogen-bond acceptors (Lipinski definition) is 5. The van der Waals surface area contributed by atoms with Gasteiger partial charge in [0.2, 0.25) is 0 Å². The molecule has 0 saturated carbocycles. The molecule has 1 aromatic carbocycles. The fourth-order valence-corrected chi connectivity index (χ4v) is 1.83. The largest absolute Gasteiger partial charge is 0.496 e. The first-order valence-electron chi connectivity index (χ1n) is 6.11. The summed E-state index contributed by atoms with van der Waals surface area (Å²) in [5.41, 5.74) is 1.49. The van der Waals surface area contributed by atoms with Crippen LogP contribution < -0.4 is 10.1 Å². The molecule has 0 saturated heterocycles. The Labute approximate surface area is 115 Å². The summed E-state index contributed by atoms with van der Waals surface area (Å²) in [4.78, 5) is 30.5. The van der Waals surface area contributed by atoms with Crippen LogP contribution in [0, 0.1) is 0 Å². The molecule has 0 aliphatic rings. The van der Waals surface area contributed by atoms with Crippen molar-refractivity contribution in [3.8, 4) is 5.75 Å². The highest BCUT2D eigenvalue weighted by Gasteiger charge is 2.18. The molecule has 0 unspecified atom stereocenters. The van der Waals surface area contributed by atoms with Crippen LogP contribution in [0.5, 0.6) is 5.75 Å². The van der Waals surface area contributed by atoms with E-state index in [4.69, 9.17) is 9.47 Å². The number of carbonyl (C=O) groups is 2. The van der Waals surface area contributed by atoms with E-state index in [1.54, 1.807) is 19.1 Å². The van der Waals surface area contributed by atoms with Crippen LogP contribution in [0.15, 0.2) is 18.5 Å². The quantitative estimate of drug-likeness (QED) is 0.791. The van der Waals surface area contributed by atoms with E-state index in [1.807, 2.05) is 0 Å². The van der Waals surface area contributed by atoms with Gasteiger partial charge in [0.1, 0.15) is 23.4 Å². The molecule has 2 aromatic rings. The highest BCUT2D eigenvalue weighted by Crippen LogP contribution is 2.25. The van der Waals surface area contributed by atoms with Gasteiger partial charge in [0.25, 0.3) is 5.91 Å². The normalized spacial score (nSPS) is 10.3. The number of amides is 1. The number of H-pyrrole nitrogens is 1. The van der Waals surface area contributed by atoms with E-state index in [-0.39, 0.29) is 18.7 Å². The fourth-order valence-electron chi connectivity index (χ4n) is 1.83. The molecular formula is C13H15N3O4. The van der Waals surface area contributed by atoms with Gasteiger partial charge in [-0.3, -0.25) is 9.59 Å². The molecule has 2 N–H and O–H groups in total. The lowest BCUT2D eigenvalue weighted by molar-refractivity contribution is -0.141. The molecule has 0 fully saturated rings. The molecular weight excluding hydrogens is 262 g/mol. The number of methoxy groups -OCH3 is 1. The molecule has 0 atom stereocenters. The predicted molar refractivity (Wildman–Crippen MR) is 71.6 cm³/mol. The zero-order valence-corrected chi connectivity index (χ0v) is 11.2. The van der Waals surface area contributed by atoms with Gasteiger partial charge >= 0.3 is 5.97 Å². The van der Waals surface area contributed by atoms with Crippen molar-refractivity contribution in [2.45, 2.75) is 6.92 Å². The Kier molecular flexibility index (Phi) is 4.19. The summed E-state index contributed by atoms with van der Waals surface area (Å²) in [5, 5.41) is 2.49. The third-order valence-corrected chi connectivity index (χ3v) is 2.70. The molecule has 0 bridgehead atoms. The van der Waals surface area contributed by atoms with Gasteiger partial charge in [-0.1, -0.05) is 0 Å². The number of aromatic nitrogens is 2. The number of hydrogen-bond donors (Lipinski definition) is 2. The first-order valence-corrected chi connectivity index (χ1v) is 6.11. The first kappa shape index (κ1) is 13.9. The average molecular weight is 277 g/mol. The Hall–Kier alpha value is -2.57. The van der Waals surface area contributed by atoms with Crippen molar-refractivity contribution in [2.75, 3.05) is 20.3 Å². The van der Waals surface area contributed by atoms with Crippen LogP contribution in [0.2, 0.25) is 0 Å². The van der Waals surface area contributed by atoms with Crippen LogP contribution in [0.1, 0.15) is 17.3 Å². The molecule has 1 heterocycles. The van der Waals surface area contributed by atoms with E-state index in [2.05, 4.69) is 15.3 Å². The number of nitrogens with zero attached hydrogens (tertiary/aromatic N) is 1. The molecule has 2 rings (SSSR count). The monoisotopic (exact) mass is 277 g/mol. The lowest BCUT2D eigenvalue weighted by atomic mass is 10.1. The van der Waals surface area contributed by atoms with Crippen molar-refractivity contribution in [1.29, 1.82) is 0 Å². The molecule has 1 amide bonds. The summed E-state index contributed by atoms with van der Waals surface area (Å²) in [5.74, 6) is -0.535. The molecule has 0 spiro atoms. The van der Waals surface area contributed by atoms with Gasteiger partial charge in [-0.15, -0.1) is 0 Å². The summed E-state index contributed by atoms with van der Waals surface area (Å²) in [6.45, 7) is 1.77. The minimum Gasteiger partial charge on any atom is -0.496 e. The van der Waals surface area contributed by atoms with E-state index >= 15 is 0 Å². The van der Waals surface area contributed by atoms with Gasteiger partial charge in [-0.05, 0) is 19.1 Å². The zero-order valence-electron chi connectivity index (χ0n) is 11.2. The number of ether oxygens (including phenoxy) is 2. The highest BCUT2D eigenvalue weighted by atomic mass is 16.5. The molecule has 1 aromatic heterocycles. The van der Waals surface area contributed by atoms with E-state index in [1.165, 1.54) is 13.4 Å². The van der Waals surface area contributed by atoms with Gasteiger partial charge in [0.15, 0.2) is 0 Å². The van der Waals surface area contributed by atoms with Gasteiger partial charge in [0.05, 0.1) is 25.6 Å². The predicted octanol–water partition coefficient (Wildman–Crippen LogP) is 0.864. The number of carbonyl (C=O) groups excluding carboxylic acids is 2. The van der Waals surface area contributed by atoms with Gasteiger partial charge in [-0.25, -0.2) is 4.98 Å². The second kappa shape index (κ2) is 6.05. The van der Waals surface area contributed by atoms with Crippen LogP contribution in [0.4, 0.5) is 0 Å². The van der Waals surface area contributed by atoms with Crippen LogP contribution in [-0.2, 0) is 9.53 Å². The lowest BCUT2D eigenvalue weighted by Crippen LogP contribution is -2.31. The Morgan fingerprint density at radius 3 is 2.90 bits per heavy atom. The Morgan fingerprint density at radius 2 is 2.20 bits per heavy atom. The minimum absolute atomic E-state index is 0.198. The Morgan fingerprint density at radius 1 is 1.40 bits per heavy atom. The number of nitrogens with one attached hydrogen (secondary N) is 2. The van der Waals surface area contributed by atoms with Gasteiger partial charge in [-0.2, -0.15) is 0 Å². The summed E-state index contributed by atoms with van der Waals surface area (Å²) in [7, 11) is 1.47. The minimum atomic E-state index is -0.492. The van der Waals surface area contributed by atoms with Crippen LogP contribution in [0.3, 0.4) is 0 Å². The SMILES string of the molecule is CCOC(=O)CNC(=O)c1c(OC)ccc2[nH]cnc12. The second-order valence-corrected chi connectivity index (χ2v) is 3.93. The molecule has 0 aliphatic heterocycles. The molecule has 7 nitrogen and oxygen atoms in total. The maximum Gasteiger partial charge on any atom is 0.325 e. The number of imidazole rings is 1. The summed E-state index contributed by atoms with van der Waals surface area (Å²) < 4.78 is 9.92. The lowest BCUT2D eigenvalue weighted by Gasteiger charge is -2.09. The third kappa shape index (κ3) is 2.71. The first-order chi connectivity index (χ1) is 9.67. The van der Waals surface area contributed by atoms with E-state index < -0.39 is 11.9 Å². The van der Waals surface area contributed by atoms with E-state index in [9.17, 15) is 9.59 Å². The zero-order chi connectivity index (χ0) is 14.5.